The number of nitrogens with zero attached hydrogens (tertiary/aromatic N) is 3. The first kappa shape index (κ1) is 13.5. The second kappa shape index (κ2) is 4.83. The molecule has 3 rings (SSSR count). The van der Waals surface area contributed by atoms with Gasteiger partial charge in [0.25, 0.3) is 11.6 Å². The van der Waals surface area contributed by atoms with Gasteiger partial charge >= 0.3 is 5.97 Å². The van der Waals surface area contributed by atoms with Crippen molar-refractivity contribution in [2.24, 2.45) is 0 Å². The molecule has 1 saturated carbocycles. The van der Waals surface area contributed by atoms with Crippen LogP contribution >= 0.6 is 0 Å². The van der Waals surface area contributed by atoms with Crippen LogP contribution in [0.4, 0.5) is 0 Å². The average Bonchev–Trinajstić information content (AvgIpc) is 3.22. The number of amides is 1. The van der Waals surface area contributed by atoms with Gasteiger partial charge < -0.3 is 14.5 Å². The lowest BCUT2D eigenvalue weighted by molar-refractivity contribution is -0.141. The molecular formula is C14H15N3O4. The number of fused-ring (bicyclic) bond motifs is 1. The van der Waals surface area contributed by atoms with Gasteiger partial charge in [0.2, 0.25) is 0 Å². The largest absolute Gasteiger partial charge is 0.480 e. The standard InChI is InChI=1S/C14H15N3O4/c1-7-11-5-9(6-15-12(11)21-16-7)13(18)17(10-3-4-10)8(2)14(19)20/h5-6,8,10H,3-4H2,1-2H3,(H,19,20). The maximum atomic E-state index is 12.6. The number of aliphatic carboxylic acids is 1. The molecule has 2 heterocycles. The lowest BCUT2D eigenvalue weighted by Gasteiger charge is -2.26. The Balaban J connectivity index is 1.97. The minimum absolute atomic E-state index is 0.00266. The quantitative estimate of drug-likeness (QED) is 0.918. The van der Waals surface area contributed by atoms with Gasteiger partial charge in [-0.2, -0.15) is 0 Å². The highest BCUT2D eigenvalue weighted by molar-refractivity contribution is 5.99. The summed E-state index contributed by atoms with van der Waals surface area (Å²) in [5.41, 5.74) is 1.37. The van der Waals surface area contributed by atoms with Crippen LogP contribution in [0.5, 0.6) is 0 Å². The van der Waals surface area contributed by atoms with E-state index in [1.54, 1.807) is 13.0 Å². The first-order chi connectivity index (χ1) is 9.99. The normalized spacial score (nSPS) is 15.9. The van der Waals surface area contributed by atoms with Gasteiger partial charge in [-0.1, -0.05) is 5.16 Å². The van der Waals surface area contributed by atoms with Gasteiger partial charge in [0.1, 0.15) is 6.04 Å². The summed E-state index contributed by atoms with van der Waals surface area (Å²) in [7, 11) is 0. The van der Waals surface area contributed by atoms with Crippen molar-refractivity contribution in [1.82, 2.24) is 15.0 Å². The molecule has 0 radical (unpaired) electrons. The van der Waals surface area contributed by atoms with Crippen molar-refractivity contribution < 1.29 is 19.2 Å². The number of aromatic nitrogens is 2. The van der Waals surface area contributed by atoms with Gasteiger partial charge in [-0.25, -0.2) is 9.78 Å². The van der Waals surface area contributed by atoms with Crippen LogP contribution in [0, 0.1) is 6.92 Å². The summed E-state index contributed by atoms with van der Waals surface area (Å²) in [6.07, 6.45) is 3.08. The Bertz CT molecular complexity index is 720. The van der Waals surface area contributed by atoms with Crippen LogP contribution in [-0.2, 0) is 4.79 Å². The second-order valence-electron chi connectivity index (χ2n) is 5.30. The summed E-state index contributed by atoms with van der Waals surface area (Å²) < 4.78 is 5.01. The second-order valence-corrected chi connectivity index (χ2v) is 5.30. The van der Waals surface area contributed by atoms with Crippen LogP contribution in [0.3, 0.4) is 0 Å². The van der Waals surface area contributed by atoms with E-state index in [1.807, 2.05) is 0 Å². The van der Waals surface area contributed by atoms with Crippen molar-refractivity contribution in [2.45, 2.75) is 38.8 Å². The van der Waals surface area contributed by atoms with Crippen molar-refractivity contribution in [3.05, 3.63) is 23.5 Å². The third-order valence-electron chi connectivity index (χ3n) is 3.71. The molecule has 1 amide bonds. The Morgan fingerprint density at radius 3 is 2.81 bits per heavy atom. The summed E-state index contributed by atoms with van der Waals surface area (Å²) in [6.45, 7) is 3.29. The van der Waals surface area contributed by atoms with Gasteiger partial charge in [0, 0.05) is 12.2 Å². The molecule has 2 aromatic heterocycles. The fourth-order valence-corrected chi connectivity index (χ4v) is 2.34. The minimum Gasteiger partial charge on any atom is -0.480 e. The van der Waals surface area contributed by atoms with Crippen molar-refractivity contribution in [1.29, 1.82) is 0 Å². The molecule has 7 nitrogen and oxygen atoms in total. The lowest BCUT2D eigenvalue weighted by Crippen LogP contribution is -2.44. The van der Waals surface area contributed by atoms with E-state index in [4.69, 9.17) is 4.52 Å². The Labute approximate surface area is 120 Å². The van der Waals surface area contributed by atoms with E-state index in [2.05, 4.69) is 10.1 Å². The molecule has 0 aliphatic heterocycles. The van der Waals surface area contributed by atoms with Gasteiger partial charge in [-0.05, 0) is 32.8 Å². The molecule has 21 heavy (non-hydrogen) atoms. The van der Waals surface area contributed by atoms with Crippen molar-refractivity contribution in [3.8, 4) is 0 Å². The third-order valence-corrected chi connectivity index (χ3v) is 3.71. The number of rotatable bonds is 4. The highest BCUT2D eigenvalue weighted by atomic mass is 16.5. The van der Waals surface area contributed by atoms with Gasteiger partial charge in [-0.15, -0.1) is 0 Å². The molecule has 0 bridgehead atoms. The molecule has 1 aliphatic carbocycles. The van der Waals surface area contributed by atoms with Gasteiger partial charge in [-0.3, -0.25) is 4.79 Å². The number of pyridine rings is 1. The van der Waals surface area contributed by atoms with Crippen LogP contribution < -0.4 is 0 Å². The van der Waals surface area contributed by atoms with E-state index < -0.39 is 12.0 Å². The zero-order valence-electron chi connectivity index (χ0n) is 11.7. The van der Waals surface area contributed by atoms with E-state index >= 15 is 0 Å². The Morgan fingerprint density at radius 2 is 2.19 bits per heavy atom. The summed E-state index contributed by atoms with van der Waals surface area (Å²) in [4.78, 5) is 29.3. The fourth-order valence-electron chi connectivity index (χ4n) is 2.34. The number of carbonyl (C=O) groups excluding carboxylic acids is 1. The van der Waals surface area contributed by atoms with Crippen molar-refractivity contribution in [2.75, 3.05) is 0 Å². The molecule has 1 aliphatic rings. The molecular weight excluding hydrogens is 274 g/mol. The Morgan fingerprint density at radius 1 is 1.48 bits per heavy atom. The summed E-state index contributed by atoms with van der Waals surface area (Å²) in [5, 5.41) is 13.6. The average molecular weight is 289 g/mol. The monoisotopic (exact) mass is 289 g/mol. The molecule has 1 atom stereocenters. The molecule has 110 valence electrons. The summed E-state index contributed by atoms with van der Waals surface area (Å²) >= 11 is 0. The molecule has 0 spiro atoms. The van der Waals surface area contributed by atoms with Crippen molar-refractivity contribution in [3.63, 3.8) is 0 Å². The smallest absolute Gasteiger partial charge is 0.326 e. The molecule has 1 N–H and O–H groups in total. The fraction of sp³-hybridized carbons (Fsp3) is 0.429. The maximum absolute atomic E-state index is 12.6. The number of carboxylic acids is 1. The van der Waals surface area contributed by atoms with E-state index in [0.717, 1.165) is 12.8 Å². The van der Waals surface area contributed by atoms with Gasteiger partial charge in [0.05, 0.1) is 16.6 Å². The summed E-state index contributed by atoms with van der Waals surface area (Å²) in [5.74, 6) is -1.33. The highest BCUT2D eigenvalue weighted by Crippen LogP contribution is 2.30. The zero-order valence-corrected chi connectivity index (χ0v) is 11.7. The first-order valence-electron chi connectivity index (χ1n) is 6.76. The Hall–Kier alpha value is -2.44. The van der Waals surface area contributed by atoms with Crippen LogP contribution in [0.1, 0.15) is 35.8 Å². The molecule has 2 aromatic rings. The number of hydrogen-bond donors (Lipinski definition) is 1. The highest BCUT2D eigenvalue weighted by Gasteiger charge is 2.39. The van der Waals surface area contributed by atoms with Crippen LogP contribution in [0.15, 0.2) is 16.8 Å². The van der Waals surface area contributed by atoms with E-state index in [0.29, 0.717) is 22.4 Å². The minimum atomic E-state index is -1.01. The topological polar surface area (TPSA) is 96.5 Å². The Kier molecular flexibility index (Phi) is 3.12. The van der Waals surface area contributed by atoms with E-state index in [-0.39, 0.29) is 11.9 Å². The molecule has 0 saturated heterocycles. The van der Waals surface area contributed by atoms with Crippen molar-refractivity contribution >= 4 is 23.0 Å². The number of hydrogen-bond acceptors (Lipinski definition) is 5. The van der Waals surface area contributed by atoms with E-state index in [9.17, 15) is 14.7 Å². The predicted molar refractivity (Wildman–Crippen MR) is 72.8 cm³/mol. The number of carbonyl (C=O) groups is 2. The number of aryl methyl sites for hydroxylation is 1. The van der Waals surface area contributed by atoms with E-state index in [1.165, 1.54) is 18.0 Å². The molecule has 0 aromatic carbocycles. The predicted octanol–water partition coefficient (Wildman–Crippen LogP) is 1.61. The number of carboxylic acid groups (broad SMARTS) is 1. The molecule has 1 fully saturated rings. The summed E-state index contributed by atoms with van der Waals surface area (Å²) in [6, 6.07) is 0.799. The third kappa shape index (κ3) is 2.35. The molecule has 1 unspecified atom stereocenters. The first-order valence-corrected chi connectivity index (χ1v) is 6.76. The zero-order chi connectivity index (χ0) is 15.1. The lowest BCUT2D eigenvalue weighted by atomic mass is 10.1. The van der Waals surface area contributed by atoms with Crippen LogP contribution in [0.25, 0.3) is 11.1 Å². The van der Waals surface area contributed by atoms with Crippen LogP contribution in [-0.4, -0.2) is 44.1 Å². The van der Waals surface area contributed by atoms with Crippen LogP contribution in [0.2, 0.25) is 0 Å². The SMILES string of the molecule is Cc1noc2ncc(C(=O)N(C3CC3)C(C)C(=O)O)cc12. The maximum Gasteiger partial charge on any atom is 0.326 e. The van der Waals surface area contributed by atoms with Gasteiger partial charge in [0.15, 0.2) is 0 Å². The molecule has 7 heteroatoms.